The molecule has 4 aromatic rings. The molecule has 36 heavy (non-hydrogen) atoms. The fourth-order valence-electron chi connectivity index (χ4n) is 4.95. The maximum atomic E-state index is 13.5. The zero-order valence-electron chi connectivity index (χ0n) is 19.8. The molecule has 0 unspecified atom stereocenters. The number of hydrogen-bond acceptors (Lipinski definition) is 3. The molecule has 3 aromatic carbocycles. The van der Waals surface area contributed by atoms with Gasteiger partial charge in [0.1, 0.15) is 5.82 Å². The Morgan fingerprint density at radius 3 is 2.61 bits per heavy atom. The van der Waals surface area contributed by atoms with E-state index in [0.29, 0.717) is 24.8 Å². The summed E-state index contributed by atoms with van der Waals surface area (Å²) in [6, 6.07) is 21.9. The van der Waals surface area contributed by atoms with Gasteiger partial charge in [0.25, 0.3) is 5.91 Å². The van der Waals surface area contributed by atoms with Crippen molar-refractivity contribution in [1.82, 2.24) is 10.3 Å². The van der Waals surface area contributed by atoms with Gasteiger partial charge >= 0.3 is 5.97 Å². The zero-order valence-corrected chi connectivity index (χ0v) is 19.8. The molecule has 6 heteroatoms. The van der Waals surface area contributed by atoms with Crippen LogP contribution in [0.4, 0.5) is 4.39 Å². The number of nitrogens with one attached hydrogen (secondary N) is 1. The normalized spacial score (nSPS) is 14.5. The molecular formula is C30H27FN2O3. The van der Waals surface area contributed by atoms with Crippen LogP contribution in [0, 0.1) is 5.82 Å². The van der Waals surface area contributed by atoms with E-state index in [1.165, 1.54) is 23.3 Å². The standard InChI is InChI=1S/C30H27FN2O3/c31-24-13-9-20(10-14-24)29-21(6-2-4-8-28(34)35)17-23-18-22(12-15-26(23)32-29)30(36)33-27-16-11-19-5-1-3-7-25(19)27/h1,3,5,7,9-10,12-15,17-18,27H,2,4,6,8,11,16H2,(H,33,36)(H,34,35)/t27-/m1/s1. The zero-order chi connectivity index (χ0) is 25.1. The summed E-state index contributed by atoms with van der Waals surface area (Å²) in [7, 11) is 0. The molecule has 0 saturated heterocycles. The Kier molecular flexibility index (Phi) is 6.76. The molecule has 2 N–H and O–H groups in total. The lowest BCUT2D eigenvalue weighted by Crippen LogP contribution is -2.27. The average molecular weight is 483 g/mol. The van der Waals surface area contributed by atoms with E-state index in [0.717, 1.165) is 40.6 Å². The number of benzene rings is 3. The number of carbonyl (C=O) groups is 2. The molecule has 0 radical (unpaired) electrons. The van der Waals surface area contributed by atoms with Crippen LogP contribution < -0.4 is 5.32 Å². The Bertz CT molecular complexity index is 1430. The number of rotatable bonds is 8. The van der Waals surface area contributed by atoms with Gasteiger partial charge in [0, 0.05) is 22.9 Å². The van der Waals surface area contributed by atoms with Crippen molar-refractivity contribution >= 4 is 22.8 Å². The third kappa shape index (κ3) is 5.13. The number of aliphatic carboxylic acids is 1. The second-order valence-electron chi connectivity index (χ2n) is 9.27. The van der Waals surface area contributed by atoms with Gasteiger partial charge in [0.15, 0.2) is 0 Å². The minimum Gasteiger partial charge on any atom is -0.481 e. The molecule has 0 bridgehead atoms. The fraction of sp³-hybridized carbons (Fsp3) is 0.233. The highest BCUT2D eigenvalue weighted by molar-refractivity contribution is 5.98. The van der Waals surface area contributed by atoms with Crippen LogP contribution in [0.15, 0.2) is 72.8 Å². The highest BCUT2D eigenvalue weighted by Gasteiger charge is 2.24. The topological polar surface area (TPSA) is 79.3 Å². The van der Waals surface area contributed by atoms with E-state index in [4.69, 9.17) is 10.1 Å². The minimum absolute atomic E-state index is 0.00757. The Hall–Kier alpha value is -4.06. The number of amides is 1. The summed E-state index contributed by atoms with van der Waals surface area (Å²) in [5.41, 5.74) is 6.27. The van der Waals surface area contributed by atoms with Crippen LogP contribution >= 0.6 is 0 Å². The van der Waals surface area contributed by atoms with E-state index in [1.807, 2.05) is 30.3 Å². The van der Waals surface area contributed by atoms with Gasteiger partial charge in [0.05, 0.1) is 17.3 Å². The van der Waals surface area contributed by atoms with Crippen molar-refractivity contribution in [2.75, 3.05) is 0 Å². The lowest BCUT2D eigenvalue weighted by Gasteiger charge is -2.15. The Labute approximate surface area is 209 Å². The van der Waals surface area contributed by atoms with Gasteiger partial charge in [-0.1, -0.05) is 24.3 Å². The molecule has 1 amide bonds. The molecule has 0 spiro atoms. The van der Waals surface area contributed by atoms with E-state index in [2.05, 4.69) is 17.4 Å². The smallest absolute Gasteiger partial charge is 0.303 e. The van der Waals surface area contributed by atoms with Gasteiger partial charge in [0.2, 0.25) is 0 Å². The first kappa shape index (κ1) is 23.7. The number of carbonyl (C=O) groups excluding carboxylic acids is 1. The second-order valence-corrected chi connectivity index (χ2v) is 9.27. The van der Waals surface area contributed by atoms with E-state index in [-0.39, 0.29) is 24.2 Å². The summed E-state index contributed by atoms with van der Waals surface area (Å²) in [6.07, 6.45) is 3.85. The number of carboxylic acids is 1. The third-order valence-corrected chi connectivity index (χ3v) is 6.80. The molecule has 1 atom stereocenters. The van der Waals surface area contributed by atoms with E-state index in [9.17, 15) is 14.0 Å². The lowest BCUT2D eigenvalue weighted by molar-refractivity contribution is -0.137. The highest BCUT2D eigenvalue weighted by atomic mass is 19.1. The molecule has 0 saturated carbocycles. The summed E-state index contributed by atoms with van der Waals surface area (Å²) in [5, 5.41) is 13.0. The van der Waals surface area contributed by atoms with E-state index >= 15 is 0 Å². The minimum atomic E-state index is -0.814. The summed E-state index contributed by atoms with van der Waals surface area (Å²) in [6.45, 7) is 0. The predicted octanol–water partition coefficient (Wildman–Crippen LogP) is 6.26. The van der Waals surface area contributed by atoms with Crippen molar-refractivity contribution in [2.24, 2.45) is 0 Å². The lowest BCUT2D eigenvalue weighted by atomic mass is 9.98. The number of aromatic nitrogens is 1. The Morgan fingerprint density at radius 2 is 1.81 bits per heavy atom. The van der Waals surface area contributed by atoms with Gasteiger partial charge in [-0.25, -0.2) is 9.37 Å². The number of halogens is 1. The second kappa shape index (κ2) is 10.3. The van der Waals surface area contributed by atoms with Gasteiger partial charge in [-0.3, -0.25) is 9.59 Å². The monoisotopic (exact) mass is 482 g/mol. The number of aryl methyl sites for hydroxylation is 2. The van der Waals surface area contributed by atoms with Crippen molar-refractivity contribution in [1.29, 1.82) is 0 Å². The van der Waals surface area contributed by atoms with Crippen molar-refractivity contribution < 1.29 is 19.1 Å². The fourth-order valence-corrected chi connectivity index (χ4v) is 4.95. The number of nitrogens with zero attached hydrogens (tertiary/aromatic N) is 1. The molecule has 1 aliphatic rings. The molecule has 1 heterocycles. The van der Waals surface area contributed by atoms with Crippen molar-refractivity contribution in [2.45, 2.75) is 44.6 Å². The van der Waals surface area contributed by atoms with Crippen LogP contribution in [0.25, 0.3) is 22.2 Å². The van der Waals surface area contributed by atoms with E-state index in [1.54, 1.807) is 18.2 Å². The highest BCUT2D eigenvalue weighted by Crippen LogP contribution is 2.32. The number of hydrogen-bond donors (Lipinski definition) is 2. The van der Waals surface area contributed by atoms with Crippen LogP contribution in [0.2, 0.25) is 0 Å². The predicted molar refractivity (Wildman–Crippen MR) is 137 cm³/mol. The van der Waals surface area contributed by atoms with Crippen molar-refractivity contribution in [3.8, 4) is 11.3 Å². The van der Waals surface area contributed by atoms with Crippen molar-refractivity contribution in [3.63, 3.8) is 0 Å². The van der Waals surface area contributed by atoms with Crippen LogP contribution in [-0.2, 0) is 17.6 Å². The number of unbranched alkanes of at least 4 members (excludes halogenated alkanes) is 1. The first-order chi connectivity index (χ1) is 17.5. The average Bonchev–Trinajstić information content (AvgIpc) is 3.29. The van der Waals surface area contributed by atoms with E-state index < -0.39 is 5.97 Å². The summed E-state index contributed by atoms with van der Waals surface area (Å²) in [5.74, 6) is -1.25. The largest absolute Gasteiger partial charge is 0.481 e. The van der Waals surface area contributed by atoms with Crippen LogP contribution in [0.5, 0.6) is 0 Å². The molecular weight excluding hydrogens is 455 g/mol. The number of carboxylic acid groups (broad SMARTS) is 1. The van der Waals surface area contributed by atoms with Crippen LogP contribution in [-0.4, -0.2) is 22.0 Å². The summed E-state index contributed by atoms with van der Waals surface area (Å²) in [4.78, 5) is 28.9. The van der Waals surface area contributed by atoms with Gasteiger partial charge in [-0.2, -0.15) is 0 Å². The molecule has 1 aromatic heterocycles. The summed E-state index contributed by atoms with van der Waals surface area (Å²) < 4.78 is 13.5. The Balaban J connectivity index is 1.43. The molecule has 5 nitrogen and oxygen atoms in total. The quantitative estimate of drug-likeness (QED) is 0.291. The van der Waals surface area contributed by atoms with Gasteiger partial charge in [-0.15, -0.1) is 0 Å². The van der Waals surface area contributed by atoms with Crippen LogP contribution in [0.1, 0.15) is 58.8 Å². The van der Waals surface area contributed by atoms with Gasteiger partial charge < -0.3 is 10.4 Å². The van der Waals surface area contributed by atoms with Crippen molar-refractivity contribution in [3.05, 3.63) is 101 Å². The third-order valence-electron chi connectivity index (χ3n) is 6.80. The van der Waals surface area contributed by atoms with Crippen LogP contribution in [0.3, 0.4) is 0 Å². The molecule has 5 rings (SSSR count). The Morgan fingerprint density at radius 1 is 1.00 bits per heavy atom. The maximum absolute atomic E-state index is 13.5. The number of pyridine rings is 1. The molecule has 0 aliphatic heterocycles. The maximum Gasteiger partial charge on any atom is 0.303 e. The first-order valence-corrected chi connectivity index (χ1v) is 12.3. The molecule has 182 valence electrons. The molecule has 0 fully saturated rings. The SMILES string of the molecule is O=C(O)CCCCc1cc2cc(C(=O)N[C@@H]3CCc4ccccc43)ccc2nc1-c1ccc(F)cc1. The number of fused-ring (bicyclic) bond motifs is 2. The molecule has 1 aliphatic carbocycles. The van der Waals surface area contributed by atoms with Gasteiger partial charge in [-0.05, 0) is 97.3 Å². The summed E-state index contributed by atoms with van der Waals surface area (Å²) >= 11 is 0. The first-order valence-electron chi connectivity index (χ1n) is 12.3.